The number of ether oxygens (including phenoxy) is 1. The van der Waals surface area contributed by atoms with E-state index in [-0.39, 0.29) is 0 Å². The average molecular weight is 223 g/mol. The lowest BCUT2D eigenvalue weighted by molar-refractivity contribution is 0.138. The Hall–Kier alpha value is -0.870. The monoisotopic (exact) mass is 223 g/mol. The predicted molar refractivity (Wildman–Crippen MR) is 63.6 cm³/mol. The summed E-state index contributed by atoms with van der Waals surface area (Å²) < 4.78 is 7.61. The van der Waals surface area contributed by atoms with Crippen LogP contribution in [-0.2, 0) is 11.3 Å². The zero-order valence-electron chi connectivity index (χ0n) is 9.98. The van der Waals surface area contributed by atoms with Crippen LogP contribution in [0, 0.1) is 0 Å². The molecule has 1 aromatic rings. The quantitative estimate of drug-likeness (QED) is 0.767. The van der Waals surface area contributed by atoms with Gasteiger partial charge in [-0.25, -0.2) is 4.98 Å². The second-order valence-corrected chi connectivity index (χ2v) is 4.25. The van der Waals surface area contributed by atoms with Crippen molar-refractivity contribution in [1.82, 2.24) is 14.9 Å². The highest BCUT2D eigenvalue weighted by atomic mass is 16.5. The zero-order chi connectivity index (χ0) is 11.2. The largest absolute Gasteiger partial charge is 0.380 e. The fourth-order valence-electron chi connectivity index (χ4n) is 2.27. The minimum Gasteiger partial charge on any atom is -0.380 e. The molecule has 1 N–H and O–H groups in total. The molecule has 0 saturated carbocycles. The molecule has 0 spiro atoms. The van der Waals surface area contributed by atoms with Crippen LogP contribution in [0.5, 0.6) is 0 Å². The van der Waals surface area contributed by atoms with Crippen LogP contribution < -0.4 is 5.32 Å². The Kier molecular flexibility index (Phi) is 4.36. The first-order valence-corrected chi connectivity index (χ1v) is 6.20. The third kappa shape index (κ3) is 2.83. The van der Waals surface area contributed by atoms with Crippen LogP contribution in [0.2, 0.25) is 0 Å². The van der Waals surface area contributed by atoms with Crippen molar-refractivity contribution in [2.24, 2.45) is 0 Å². The molecule has 1 aliphatic rings. The average Bonchev–Trinajstić information content (AvgIpc) is 2.79. The van der Waals surface area contributed by atoms with Crippen molar-refractivity contribution in [2.75, 3.05) is 26.3 Å². The maximum Gasteiger partial charge on any atom is 0.0949 e. The van der Waals surface area contributed by atoms with Crippen molar-refractivity contribution < 1.29 is 4.74 Å². The lowest BCUT2D eigenvalue weighted by Gasteiger charge is -2.23. The minimum absolute atomic E-state index is 0.623. The van der Waals surface area contributed by atoms with Crippen molar-refractivity contribution in [1.29, 1.82) is 0 Å². The van der Waals surface area contributed by atoms with E-state index in [0.29, 0.717) is 5.92 Å². The summed E-state index contributed by atoms with van der Waals surface area (Å²) in [5.41, 5.74) is 1.35. The number of aromatic nitrogens is 2. The zero-order valence-corrected chi connectivity index (χ0v) is 9.98. The summed E-state index contributed by atoms with van der Waals surface area (Å²) in [6.07, 6.45) is 6.46. The number of hydrogen-bond acceptors (Lipinski definition) is 3. The van der Waals surface area contributed by atoms with E-state index < -0.39 is 0 Å². The summed E-state index contributed by atoms with van der Waals surface area (Å²) in [5, 5.41) is 3.45. The van der Waals surface area contributed by atoms with Gasteiger partial charge >= 0.3 is 0 Å². The maximum atomic E-state index is 5.38. The Bertz CT molecular complexity index is 305. The second-order valence-electron chi connectivity index (χ2n) is 4.25. The van der Waals surface area contributed by atoms with Crippen LogP contribution in [0.15, 0.2) is 12.5 Å². The molecule has 0 aliphatic carbocycles. The van der Waals surface area contributed by atoms with Gasteiger partial charge < -0.3 is 14.6 Å². The van der Waals surface area contributed by atoms with Crippen molar-refractivity contribution in [3.63, 3.8) is 0 Å². The van der Waals surface area contributed by atoms with Gasteiger partial charge in [0.15, 0.2) is 0 Å². The predicted octanol–water partition coefficient (Wildman–Crippen LogP) is 1.39. The van der Waals surface area contributed by atoms with Crippen LogP contribution in [-0.4, -0.2) is 35.9 Å². The minimum atomic E-state index is 0.623. The van der Waals surface area contributed by atoms with Crippen molar-refractivity contribution in [2.45, 2.75) is 32.2 Å². The number of imidazole rings is 1. The Labute approximate surface area is 97.0 Å². The van der Waals surface area contributed by atoms with Crippen LogP contribution in [0.25, 0.3) is 0 Å². The Balaban J connectivity index is 1.94. The lowest BCUT2D eigenvalue weighted by atomic mass is 9.96. The van der Waals surface area contributed by atoms with Gasteiger partial charge in [-0.2, -0.15) is 0 Å². The van der Waals surface area contributed by atoms with Crippen LogP contribution in [0.3, 0.4) is 0 Å². The van der Waals surface area contributed by atoms with E-state index in [9.17, 15) is 0 Å². The molecule has 1 aromatic heterocycles. The fourth-order valence-corrected chi connectivity index (χ4v) is 2.27. The van der Waals surface area contributed by atoms with Gasteiger partial charge in [-0.3, -0.25) is 0 Å². The molecule has 1 saturated heterocycles. The van der Waals surface area contributed by atoms with E-state index in [4.69, 9.17) is 4.74 Å². The highest BCUT2D eigenvalue weighted by Crippen LogP contribution is 2.22. The van der Waals surface area contributed by atoms with Gasteiger partial charge in [0.05, 0.1) is 12.9 Å². The molecule has 1 unspecified atom stereocenters. The number of rotatable bonds is 5. The number of nitrogens with zero attached hydrogens (tertiary/aromatic N) is 2. The van der Waals surface area contributed by atoms with Gasteiger partial charge in [-0.05, 0) is 26.3 Å². The van der Waals surface area contributed by atoms with Gasteiger partial charge in [0.2, 0.25) is 0 Å². The van der Waals surface area contributed by atoms with Crippen LogP contribution in [0.1, 0.15) is 31.4 Å². The van der Waals surface area contributed by atoms with Gasteiger partial charge in [0.1, 0.15) is 0 Å². The number of hydrogen-bond donors (Lipinski definition) is 1. The first-order chi connectivity index (χ1) is 7.92. The molecule has 4 heteroatoms. The highest BCUT2D eigenvalue weighted by molar-refractivity contribution is 5.08. The van der Waals surface area contributed by atoms with E-state index >= 15 is 0 Å². The fraction of sp³-hybridized carbons (Fsp3) is 0.750. The summed E-state index contributed by atoms with van der Waals surface area (Å²) in [6, 6.07) is 0. The third-order valence-electron chi connectivity index (χ3n) is 3.14. The van der Waals surface area contributed by atoms with E-state index in [1.165, 1.54) is 18.5 Å². The summed E-state index contributed by atoms with van der Waals surface area (Å²) >= 11 is 0. The summed E-state index contributed by atoms with van der Waals surface area (Å²) in [6.45, 7) is 6.75. The molecule has 1 aliphatic heterocycles. The molecular weight excluding hydrogens is 202 g/mol. The SMILES string of the molecule is CCOCCn1cncc1C1CCCNC1. The molecule has 90 valence electrons. The maximum absolute atomic E-state index is 5.38. The molecular formula is C12H21N3O. The molecule has 1 atom stereocenters. The molecule has 0 aromatic carbocycles. The normalized spacial score (nSPS) is 21.2. The van der Waals surface area contributed by atoms with Crippen LogP contribution >= 0.6 is 0 Å². The van der Waals surface area contributed by atoms with Gasteiger partial charge in [-0.15, -0.1) is 0 Å². The van der Waals surface area contributed by atoms with Gasteiger partial charge in [0.25, 0.3) is 0 Å². The molecule has 0 bridgehead atoms. The summed E-state index contributed by atoms with van der Waals surface area (Å²) in [4.78, 5) is 4.26. The standard InChI is InChI=1S/C12H21N3O/c1-2-16-7-6-15-10-14-9-12(15)11-4-3-5-13-8-11/h9-11,13H,2-8H2,1H3. The first kappa shape index (κ1) is 11.6. The van der Waals surface area contributed by atoms with E-state index in [1.807, 2.05) is 19.4 Å². The summed E-state index contributed by atoms with van der Waals surface area (Å²) in [7, 11) is 0. The number of nitrogens with one attached hydrogen (secondary N) is 1. The number of piperidine rings is 1. The van der Waals surface area contributed by atoms with E-state index in [0.717, 1.165) is 32.8 Å². The smallest absolute Gasteiger partial charge is 0.0949 e. The van der Waals surface area contributed by atoms with Crippen LogP contribution in [0.4, 0.5) is 0 Å². The highest BCUT2D eigenvalue weighted by Gasteiger charge is 2.18. The van der Waals surface area contributed by atoms with Crippen molar-refractivity contribution in [3.8, 4) is 0 Å². The van der Waals surface area contributed by atoms with Gasteiger partial charge in [-0.1, -0.05) is 0 Å². The molecule has 4 nitrogen and oxygen atoms in total. The Morgan fingerprint density at radius 2 is 2.56 bits per heavy atom. The second kappa shape index (κ2) is 6.01. The van der Waals surface area contributed by atoms with E-state index in [1.54, 1.807) is 0 Å². The lowest BCUT2D eigenvalue weighted by Crippen LogP contribution is -2.29. The topological polar surface area (TPSA) is 39.1 Å². The Morgan fingerprint density at radius 3 is 3.31 bits per heavy atom. The van der Waals surface area contributed by atoms with Crippen molar-refractivity contribution in [3.05, 3.63) is 18.2 Å². The molecule has 2 rings (SSSR count). The van der Waals surface area contributed by atoms with Crippen molar-refractivity contribution >= 4 is 0 Å². The molecule has 16 heavy (non-hydrogen) atoms. The molecule has 0 radical (unpaired) electrons. The molecule has 2 heterocycles. The Morgan fingerprint density at radius 1 is 1.62 bits per heavy atom. The molecule has 0 amide bonds. The van der Waals surface area contributed by atoms with E-state index in [2.05, 4.69) is 14.9 Å². The van der Waals surface area contributed by atoms with Gasteiger partial charge in [0, 0.05) is 37.5 Å². The first-order valence-electron chi connectivity index (χ1n) is 6.20. The third-order valence-corrected chi connectivity index (χ3v) is 3.14. The molecule has 1 fully saturated rings. The summed E-state index contributed by atoms with van der Waals surface area (Å²) in [5.74, 6) is 0.623.